The molecule has 2 amide bonds. The van der Waals surface area contributed by atoms with Crippen LogP contribution in [0.2, 0.25) is 5.02 Å². The van der Waals surface area contributed by atoms with E-state index in [9.17, 15) is 19.5 Å². The van der Waals surface area contributed by atoms with E-state index in [1.807, 2.05) is 0 Å². The van der Waals surface area contributed by atoms with Crippen LogP contribution in [0.1, 0.15) is 11.1 Å². The number of nitrogens with one attached hydrogen (secondary N) is 2. The van der Waals surface area contributed by atoms with Gasteiger partial charge in [-0.05, 0) is 35.4 Å². The zero-order valence-corrected chi connectivity index (χ0v) is 15.8. The average Bonchev–Trinajstić information content (AvgIpc) is 2.69. The van der Waals surface area contributed by atoms with Crippen molar-refractivity contribution in [2.24, 2.45) is 5.73 Å². The average molecular weight is 403 g/mol. The van der Waals surface area contributed by atoms with Gasteiger partial charge in [-0.1, -0.05) is 35.9 Å². The Labute approximate surface area is 167 Å². The number of phenolic OH excluding ortho intramolecular Hbond substituents is 1. The van der Waals surface area contributed by atoms with Crippen molar-refractivity contribution in [2.45, 2.75) is 24.9 Å². The molecule has 147 valence electrons. The zero-order valence-electron chi connectivity index (χ0n) is 15.0. The highest BCUT2D eigenvalue weighted by Crippen LogP contribution is 2.13. The maximum absolute atomic E-state index is 12.7. The predicted molar refractivity (Wildman–Crippen MR) is 106 cm³/mol. The van der Waals surface area contributed by atoms with Crippen LogP contribution in [0.4, 0.5) is 0 Å². The molecule has 0 bridgehead atoms. The Morgan fingerprint density at radius 1 is 1.00 bits per heavy atom. The molecule has 2 aromatic carbocycles. The SMILES string of the molecule is NCC(=O)N[C@@H](Cc1ccc(Cl)cc1)C(=O)N[C@H]([C]=O)Cc1ccc(O)cc1. The number of rotatable bonds is 9. The molecule has 0 aliphatic heterocycles. The number of aromatic hydroxyl groups is 1. The van der Waals surface area contributed by atoms with Gasteiger partial charge in [0.1, 0.15) is 11.8 Å². The first-order chi connectivity index (χ1) is 13.4. The third kappa shape index (κ3) is 6.68. The minimum atomic E-state index is -0.909. The molecule has 7 nitrogen and oxygen atoms in total. The van der Waals surface area contributed by atoms with Crippen molar-refractivity contribution < 1.29 is 19.5 Å². The fourth-order valence-corrected chi connectivity index (χ4v) is 2.71. The number of phenols is 1. The van der Waals surface area contributed by atoms with E-state index in [2.05, 4.69) is 10.6 Å². The molecule has 0 aliphatic rings. The summed E-state index contributed by atoms with van der Waals surface area (Å²) in [6.07, 6.45) is 2.20. The summed E-state index contributed by atoms with van der Waals surface area (Å²) in [5, 5.41) is 15.0. The molecule has 0 fully saturated rings. The minimum absolute atomic E-state index is 0.104. The van der Waals surface area contributed by atoms with Crippen molar-refractivity contribution in [3.8, 4) is 5.75 Å². The molecule has 1 radical (unpaired) electrons. The molecule has 0 heterocycles. The van der Waals surface area contributed by atoms with Gasteiger partial charge in [0.2, 0.25) is 18.1 Å². The third-order valence-corrected chi connectivity index (χ3v) is 4.28. The lowest BCUT2D eigenvalue weighted by Gasteiger charge is -2.21. The van der Waals surface area contributed by atoms with Crippen LogP contribution in [-0.2, 0) is 27.2 Å². The minimum Gasteiger partial charge on any atom is -0.508 e. The van der Waals surface area contributed by atoms with Gasteiger partial charge in [0, 0.05) is 17.9 Å². The molecule has 0 aliphatic carbocycles. The van der Waals surface area contributed by atoms with Gasteiger partial charge in [-0.25, -0.2) is 0 Å². The van der Waals surface area contributed by atoms with Crippen LogP contribution in [0.3, 0.4) is 0 Å². The van der Waals surface area contributed by atoms with Crippen molar-refractivity contribution in [1.29, 1.82) is 0 Å². The fourth-order valence-electron chi connectivity index (χ4n) is 2.58. The Bertz CT molecular complexity index is 809. The third-order valence-electron chi connectivity index (χ3n) is 4.03. The molecule has 0 aromatic heterocycles. The van der Waals surface area contributed by atoms with E-state index in [0.29, 0.717) is 5.02 Å². The van der Waals surface area contributed by atoms with E-state index in [1.54, 1.807) is 42.7 Å². The maximum atomic E-state index is 12.7. The van der Waals surface area contributed by atoms with Gasteiger partial charge in [0.15, 0.2) is 0 Å². The monoisotopic (exact) mass is 402 g/mol. The second-order valence-electron chi connectivity index (χ2n) is 6.20. The Morgan fingerprint density at radius 3 is 2.14 bits per heavy atom. The summed E-state index contributed by atoms with van der Waals surface area (Å²) in [6.45, 7) is -0.263. The molecule has 0 saturated heterocycles. The van der Waals surface area contributed by atoms with Crippen LogP contribution in [-0.4, -0.2) is 41.8 Å². The Kier molecular flexibility index (Phi) is 7.98. The smallest absolute Gasteiger partial charge is 0.243 e. The van der Waals surface area contributed by atoms with Gasteiger partial charge >= 0.3 is 0 Å². The van der Waals surface area contributed by atoms with Gasteiger partial charge in [0.05, 0.1) is 12.6 Å². The predicted octanol–water partition coefficient (Wildman–Crippen LogP) is 0.869. The number of halogens is 1. The Morgan fingerprint density at radius 2 is 1.57 bits per heavy atom. The Hall–Kier alpha value is -2.90. The van der Waals surface area contributed by atoms with Crippen molar-refractivity contribution in [3.63, 3.8) is 0 Å². The number of hydrogen-bond donors (Lipinski definition) is 4. The van der Waals surface area contributed by atoms with E-state index < -0.39 is 23.9 Å². The number of carbonyl (C=O) groups excluding carboxylic acids is 3. The molecule has 2 rings (SSSR count). The first-order valence-electron chi connectivity index (χ1n) is 8.61. The van der Waals surface area contributed by atoms with Crippen LogP contribution in [0.15, 0.2) is 48.5 Å². The molecular formula is C20H21ClN3O4. The molecule has 0 saturated carbocycles. The van der Waals surface area contributed by atoms with Gasteiger partial charge in [-0.2, -0.15) is 0 Å². The number of amides is 2. The summed E-state index contributed by atoms with van der Waals surface area (Å²) >= 11 is 5.87. The zero-order chi connectivity index (χ0) is 20.5. The number of benzene rings is 2. The van der Waals surface area contributed by atoms with Crippen molar-refractivity contribution in [2.75, 3.05) is 6.54 Å². The molecular weight excluding hydrogens is 382 g/mol. The summed E-state index contributed by atoms with van der Waals surface area (Å²) in [5.74, 6) is -0.907. The van der Waals surface area contributed by atoms with Crippen LogP contribution >= 0.6 is 11.6 Å². The normalized spacial score (nSPS) is 12.6. The quantitative estimate of drug-likeness (QED) is 0.496. The van der Waals surface area contributed by atoms with Crippen LogP contribution in [0.5, 0.6) is 5.75 Å². The van der Waals surface area contributed by atoms with E-state index in [-0.39, 0.29) is 25.1 Å². The van der Waals surface area contributed by atoms with Gasteiger partial charge in [-0.15, -0.1) is 0 Å². The van der Waals surface area contributed by atoms with E-state index in [1.165, 1.54) is 12.1 Å². The first kappa shape index (κ1) is 21.4. The topological polar surface area (TPSA) is 122 Å². The fraction of sp³-hybridized carbons (Fsp3) is 0.250. The lowest BCUT2D eigenvalue weighted by molar-refractivity contribution is -0.128. The molecule has 8 heteroatoms. The van der Waals surface area contributed by atoms with Crippen LogP contribution in [0.25, 0.3) is 0 Å². The summed E-state index contributed by atoms with van der Waals surface area (Å²) in [6, 6.07) is 11.3. The molecule has 0 spiro atoms. The summed E-state index contributed by atoms with van der Waals surface area (Å²) in [5.41, 5.74) is 6.86. The van der Waals surface area contributed by atoms with E-state index >= 15 is 0 Å². The standard InChI is InChI=1S/C20H21ClN3O4/c21-15-5-1-14(2-6-15)10-18(24-19(27)11-22)20(28)23-16(12-25)9-13-3-7-17(26)8-4-13/h1-8,16,18,26H,9-11,22H2,(H,23,28)(H,24,27)/t16-,18-/m0/s1. The largest absolute Gasteiger partial charge is 0.508 e. The van der Waals surface area contributed by atoms with Crippen molar-refractivity contribution in [1.82, 2.24) is 10.6 Å². The molecule has 2 aromatic rings. The lowest BCUT2D eigenvalue weighted by Crippen LogP contribution is -2.52. The second-order valence-corrected chi connectivity index (χ2v) is 6.64. The first-order valence-corrected chi connectivity index (χ1v) is 8.99. The van der Waals surface area contributed by atoms with E-state index in [0.717, 1.165) is 11.1 Å². The summed E-state index contributed by atoms with van der Waals surface area (Å²) in [7, 11) is 0. The second kappa shape index (κ2) is 10.4. The van der Waals surface area contributed by atoms with Gasteiger partial charge in [0.25, 0.3) is 0 Å². The number of carbonyl (C=O) groups is 2. The highest BCUT2D eigenvalue weighted by Gasteiger charge is 2.24. The highest BCUT2D eigenvalue weighted by molar-refractivity contribution is 6.30. The number of nitrogens with two attached hydrogens (primary N) is 1. The molecule has 5 N–H and O–H groups in total. The Balaban J connectivity index is 2.08. The van der Waals surface area contributed by atoms with Crippen molar-refractivity contribution >= 4 is 29.7 Å². The lowest BCUT2D eigenvalue weighted by atomic mass is 10.0. The van der Waals surface area contributed by atoms with E-state index in [4.69, 9.17) is 17.3 Å². The number of hydrogen-bond acceptors (Lipinski definition) is 5. The van der Waals surface area contributed by atoms with Gasteiger partial charge < -0.3 is 21.5 Å². The molecule has 2 atom stereocenters. The van der Waals surface area contributed by atoms with Crippen LogP contribution < -0.4 is 16.4 Å². The van der Waals surface area contributed by atoms with Gasteiger partial charge in [-0.3, -0.25) is 14.4 Å². The van der Waals surface area contributed by atoms with Crippen LogP contribution in [0, 0.1) is 0 Å². The molecule has 0 unspecified atom stereocenters. The summed E-state index contributed by atoms with van der Waals surface area (Å²) < 4.78 is 0. The maximum Gasteiger partial charge on any atom is 0.243 e. The van der Waals surface area contributed by atoms with Crippen molar-refractivity contribution in [3.05, 3.63) is 64.7 Å². The molecule has 28 heavy (non-hydrogen) atoms. The summed E-state index contributed by atoms with van der Waals surface area (Å²) in [4.78, 5) is 35.7. The highest BCUT2D eigenvalue weighted by atomic mass is 35.5.